The molecule has 0 aromatic heterocycles. The molecular weight excluding hydrogens is 268 g/mol. The molecule has 2 aliphatic heterocycles. The Morgan fingerprint density at radius 1 is 1.33 bits per heavy atom. The number of anilines is 2. The summed E-state index contributed by atoms with van der Waals surface area (Å²) in [6.07, 6.45) is 3.01. The summed E-state index contributed by atoms with van der Waals surface area (Å²) in [5.41, 5.74) is 7.79. The van der Waals surface area contributed by atoms with E-state index in [9.17, 15) is 0 Å². The third-order valence-corrected chi connectivity index (χ3v) is 4.06. The molecule has 116 valence electrons. The molecule has 0 radical (unpaired) electrons. The van der Waals surface area contributed by atoms with E-state index >= 15 is 0 Å². The SMILES string of the molecule is CCCOc1cc(N2CCCC3(C2)OCCO3)ccc1N. The van der Waals surface area contributed by atoms with Crippen LogP contribution in [0.1, 0.15) is 26.2 Å². The Hall–Kier alpha value is -1.46. The largest absolute Gasteiger partial charge is 0.491 e. The van der Waals surface area contributed by atoms with Gasteiger partial charge in [0.05, 0.1) is 32.1 Å². The topological polar surface area (TPSA) is 57.0 Å². The Balaban J connectivity index is 1.76. The normalized spacial score (nSPS) is 20.9. The van der Waals surface area contributed by atoms with Gasteiger partial charge in [0.2, 0.25) is 0 Å². The van der Waals surface area contributed by atoms with Crippen molar-refractivity contribution >= 4 is 11.4 Å². The Kier molecular flexibility index (Phi) is 4.22. The van der Waals surface area contributed by atoms with Crippen LogP contribution < -0.4 is 15.4 Å². The lowest BCUT2D eigenvalue weighted by Crippen LogP contribution is -2.49. The summed E-state index contributed by atoms with van der Waals surface area (Å²) in [5.74, 6) is 0.353. The highest BCUT2D eigenvalue weighted by Crippen LogP contribution is 2.35. The van der Waals surface area contributed by atoms with E-state index in [-0.39, 0.29) is 0 Å². The van der Waals surface area contributed by atoms with Gasteiger partial charge < -0.3 is 24.8 Å². The number of ether oxygens (including phenoxy) is 3. The molecule has 5 heteroatoms. The molecule has 2 saturated heterocycles. The molecular formula is C16H24N2O3. The van der Waals surface area contributed by atoms with E-state index in [2.05, 4.69) is 11.8 Å². The molecule has 0 amide bonds. The second-order valence-electron chi connectivity index (χ2n) is 5.70. The molecule has 21 heavy (non-hydrogen) atoms. The molecule has 2 N–H and O–H groups in total. The van der Waals surface area contributed by atoms with Gasteiger partial charge in [-0.1, -0.05) is 6.92 Å². The van der Waals surface area contributed by atoms with Crippen LogP contribution in [0.4, 0.5) is 11.4 Å². The fourth-order valence-corrected chi connectivity index (χ4v) is 3.00. The van der Waals surface area contributed by atoms with Gasteiger partial charge in [-0.15, -0.1) is 0 Å². The van der Waals surface area contributed by atoms with Gasteiger partial charge in [-0.25, -0.2) is 0 Å². The Labute approximate surface area is 126 Å². The number of piperidine rings is 1. The minimum atomic E-state index is -0.413. The van der Waals surface area contributed by atoms with Crippen LogP contribution in [0.5, 0.6) is 5.75 Å². The maximum Gasteiger partial charge on any atom is 0.186 e. The first kappa shape index (κ1) is 14.5. The predicted octanol–water partition coefficient (Wildman–Crippen LogP) is 2.40. The molecule has 1 aromatic rings. The molecule has 3 rings (SSSR count). The maximum atomic E-state index is 5.98. The van der Waals surface area contributed by atoms with Crippen molar-refractivity contribution in [3.05, 3.63) is 18.2 Å². The van der Waals surface area contributed by atoms with Crippen molar-refractivity contribution < 1.29 is 14.2 Å². The molecule has 1 spiro atoms. The van der Waals surface area contributed by atoms with Gasteiger partial charge in [-0.2, -0.15) is 0 Å². The van der Waals surface area contributed by atoms with E-state index in [1.807, 2.05) is 18.2 Å². The van der Waals surface area contributed by atoms with Crippen molar-refractivity contribution in [3.8, 4) is 5.75 Å². The van der Waals surface area contributed by atoms with Gasteiger partial charge in [-0.3, -0.25) is 0 Å². The average molecular weight is 292 g/mol. The lowest BCUT2D eigenvalue weighted by atomic mass is 10.0. The summed E-state index contributed by atoms with van der Waals surface area (Å²) < 4.78 is 17.4. The highest BCUT2D eigenvalue weighted by Gasteiger charge is 2.40. The van der Waals surface area contributed by atoms with Crippen molar-refractivity contribution in [2.24, 2.45) is 0 Å². The van der Waals surface area contributed by atoms with Crippen LogP contribution in [-0.4, -0.2) is 38.7 Å². The molecule has 0 atom stereocenters. The molecule has 2 fully saturated rings. The summed E-state index contributed by atoms with van der Waals surface area (Å²) in [6.45, 7) is 5.93. The second-order valence-corrected chi connectivity index (χ2v) is 5.70. The zero-order valence-corrected chi connectivity index (χ0v) is 12.6. The second kappa shape index (κ2) is 6.12. The molecule has 1 aromatic carbocycles. The number of nitrogens with zero attached hydrogens (tertiary/aromatic N) is 1. The van der Waals surface area contributed by atoms with Crippen LogP contribution in [0.25, 0.3) is 0 Å². The first-order chi connectivity index (χ1) is 10.2. The molecule has 0 saturated carbocycles. The molecule has 0 aliphatic carbocycles. The highest BCUT2D eigenvalue weighted by molar-refractivity contribution is 5.62. The third-order valence-electron chi connectivity index (χ3n) is 4.06. The number of nitrogens with two attached hydrogens (primary N) is 1. The quantitative estimate of drug-likeness (QED) is 0.864. The Morgan fingerprint density at radius 3 is 2.90 bits per heavy atom. The summed E-state index contributed by atoms with van der Waals surface area (Å²) in [7, 11) is 0. The predicted molar refractivity (Wildman–Crippen MR) is 82.7 cm³/mol. The minimum Gasteiger partial charge on any atom is -0.491 e. The number of nitrogen functional groups attached to an aromatic ring is 1. The zero-order valence-electron chi connectivity index (χ0n) is 12.6. The van der Waals surface area contributed by atoms with Gasteiger partial charge >= 0.3 is 0 Å². The van der Waals surface area contributed by atoms with Crippen LogP contribution >= 0.6 is 0 Å². The van der Waals surface area contributed by atoms with Crippen molar-refractivity contribution in [2.75, 3.05) is 43.5 Å². The summed E-state index contributed by atoms with van der Waals surface area (Å²) in [6, 6.07) is 5.99. The van der Waals surface area contributed by atoms with Crippen molar-refractivity contribution in [2.45, 2.75) is 32.0 Å². The van der Waals surface area contributed by atoms with E-state index in [0.717, 1.165) is 43.8 Å². The van der Waals surface area contributed by atoms with E-state index in [1.54, 1.807) is 0 Å². The molecule has 2 heterocycles. The highest BCUT2D eigenvalue weighted by atomic mass is 16.7. The summed E-state index contributed by atoms with van der Waals surface area (Å²) >= 11 is 0. The summed E-state index contributed by atoms with van der Waals surface area (Å²) in [4.78, 5) is 2.30. The van der Waals surface area contributed by atoms with Crippen LogP contribution in [0.3, 0.4) is 0 Å². The fraction of sp³-hybridized carbons (Fsp3) is 0.625. The number of rotatable bonds is 4. The van der Waals surface area contributed by atoms with Gasteiger partial charge in [0.1, 0.15) is 5.75 Å². The lowest BCUT2D eigenvalue weighted by molar-refractivity contribution is -0.161. The van der Waals surface area contributed by atoms with Crippen LogP contribution in [-0.2, 0) is 9.47 Å². The van der Waals surface area contributed by atoms with Gasteiger partial charge in [0.25, 0.3) is 0 Å². The first-order valence-corrected chi connectivity index (χ1v) is 7.78. The average Bonchev–Trinajstić information content (AvgIpc) is 2.94. The van der Waals surface area contributed by atoms with Crippen LogP contribution in [0.2, 0.25) is 0 Å². The summed E-state index contributed by atoms with van der Waals surface area (Å²) in [5, 5.41) is 0. The number of hydrogen-bond donors (Lipinski definition) is 1. The molecule has 0 unspecified atom stereocenters. The maximum absolute atomic E-state index is 5.98. The monoisotopic (exact) mass is 292 g/mol. The first-order valence-electron chi connectivity index (χ1n) is 7.78. The molecule has 0 bridgehead atoms. The Bertz CT molecular complexity index is 486. The van der Waals surface area contributed by atoms with Crippen molar-refractivity contribution in [1.29, 1.82) is 0 Å². The van der Waals surface area contributed by atoms with E-state index in [1.165, 1.54) is 0 Å². The van der Waals surface area contributed by atoms with E-state index in [4.69, 9.17) is 19.9 Å². The van der Waals surface area contributed by atoms with E-state index in [0.29, 0.717) is 25.5 Å². The zero-order chi connectivity index (χ0) is 14.7. The standard InChI is InChI=1S/C16H24N2O3/c1-2-8-19-15-11-13(4-5-14(15)17)18-7-3-6-16(12-18)20-9-10-21-16/h4-5,11H,2-3,6-10,12,17H2,1H3. The fourth-order valence-electron chi connectivity index (χ4n) is 3.00. The lowest BCUT2D eigenvalue weighted by Gasteiger charge is -2.39. The van der Waals surface area contributed by atoms with Gasteiger partial charge in [-0.05, 0) is 25.0 Å². The third kappa shape index (κ3) is 3.09. The molecule has 2 aliphatic rings. The van der Waals surface area contributed by atoms with Gasteiger partial charge in [0.15, 0.2) is 5.79 Å². The number of benzene rings is 1. The van der Waals surface area contributed by atoms with E-state index < -0.39 is 5.79 Å². The minimum absolute atomic E-state index is 0.413. The molecule has 5 nitrogen and oxygen atoms in total. The van der Waals surface area contributed by atoms with Crippen LogP contribution in [0, 0.1) is 0 Å². The van der Waals surface area contributed by atoms with Gasteiger partial charge in [0, 0.05) is 24.7 Å². The Morgan fingerprint density at radius 2 is 2.14 bits per heavy atom. The smallest absolute Gasteiger partial charge is 0.186 e. The number of hydrogen-bond acceptors (Lipinski definition) is 5. The van der Waals surface area contributed by atoms with Crippen molar-refractivity contribution in [3.63, 3.8) is 0 Å². The van der Waals surface area contributed by atoms with Crippen LogP contribution in [0.15, 0.2) is 18.2 Å². The van der Waals surface area contributed by atoms with Crippen molar-refractivity contribution in [1.82, 2.24) is 0 Å².